The van der Waals surface area contributed by atoms with Gasteiger partial charge in [-0.3, -0.25) is 0 Å². The van der Waals surface area contributed by atoms with Gasteiger partial charge in [-0.1, -0.05) is 17.7 Å². The molecule has 0 aliphatic carbocycles. The molecule has 2 N–H and O–H groups in total. The zero-order chi connectivity index (χ0) is 18.4. The van der Waals surface area contributed by atoms with E-state index in [9.17, 15) is 0 Å². The van der Waals surface area contributed by atoms with E-state index in [4.69, 9.17) is 4.42 Å². The van der Waals surface area contributed by atoms with E-state index in [0.717, 1.165) is 23.6 Å². The highest BCUT2D eigenvalue weighted by molar-refractivity contribution is 5.79. The topological polar surface area (TPSA) is 93.2 Å². The van der Waals surface area contributed by atoms with Crippen LogP contribution in [-0.2, 0) is 20.1 Å². The lowest BCUT2D eigenvalue weighted by atomic mass is 10.1. The molecule has 26 heavy (non-hydrogen) atoms. The number of rotatable bonds is 6. The van der Waals surface area contributed by atoms with Gasteiger partial charge in [-0.2, -0.15) is 0 Å². The van der Waals surface area contributed by atoms with Crippen LogP contribution < -0.4 is 10.6 Å². The van der Waals surface area contributed by atoms with Crippen LogP contribution in [0.25, 0.3) is 11.5 Å². The lowest BCUT2D eigenvalue weighted by molar-refractivity contribution is 0.572. The first kappa shape index (κ1) is 17.7. The Morgan fingerprint density at radius 3 is 2.73 bits per heavy atom. The summed E-state index contributed by atoms with van der Waals surface area (Å²) in [5, 5.41) is 14.4. The molecule has 0 fully saturated rings. The van der Waals surface area contributed by atoms with E-state index in [1.165, 1.54) is 5.56 Å². The monoisotopic (exact) mass is 353 g/mol. The van der Waals surface area contributed by atoms with Gasteiger partial charge in [0.1, 0.15) is 18.3 Å². The highest BCUT2D eigenvalue weighted by Crippen LogP contribution is 2.19. The van der Waals surface area contributed by atoms with Gasteiger partial charge in [-0.25, -0.2) is 9.98 Å². The number of nitrogens with one attached hydrogen (secondary N) is 2. The van der Waals surface area contributed by atoms with Crippen molar-refractivity contribution in [1.82, 2.24) is 30.4 Å². The molecule has 0 saturated carbocycles. The molecule has 2 aromatic heterocycles. The third-order valence-electron chi connectivity index (χ3n) is 3.81. The summed E-state index contributed by atoms with van der Waals surface area (Å²) in [7, 11) is 1.91. The van der Waals surface area contributed by atoms with Crippen molar-refractivity contribution < 1.29 is 4.42 Å². The second-order valence-corrected chi connectivity index (χ2v) is 5.92. The van der Waals surface area contributed by atoms with E-state index >= 15 is 0 Å². The van der Waals surface area contributed by atoms with Crippen LogP contribution in [0.4, 0.5) is 0 Å². The van der Waals surface area contributed by atoms with E-state index in [-0.39, 0.29) is 0 Å². The third-order valence-corrected chi connectivity index (χ3v) is 3.81. The number of benzene rings is 1. The van der Waals surface area contributed by atoms with Gasteiger partial charge in [-0.05, 0) is 26.0 Å². The van der Waals surface area contributed by atoms with Crippen molar-refractivity contribution >= 4 is 5.96 Å². The van der Waals surface area contributed by atoms with Gasteiger partial charge in [0, 0.05) is 19.2 Å². The van der Waals surface area contributed by atoms with E-state index in [1.54, 1.807) is 12.6 Å². The molecule has 0 aliphatic rings. The van der Waals surface area contributed by atoms with Crippen molar-refractivity contribution in [2.45, 2.75) is 26.9 Å². The first-order valence-corrected chi connectivity index (χ1v) is 8.52. The fourth-order valence-corrected chi connectivity index (χ4v) is 2.34. The predicted octanol–water partition coefficient (Wildman–Crippen LogP) is 2.03. The maximum Gasteiger partial charge on any atom is 0.226 e. The Morgan fingerprint density at radius 2 is 2.04 bits per heavy atom. The highest BCUT2D eigenvalue weighted by Gasteiger charge is 2.07. The summed E-state index contributed by atoms with van der Waals surface area (Å²) in [5.74, 6) is 2.13. The standard InChI is InChI=1S/C18H23N7O/c1-4-19-18(21-10-16-24-22-12-25(16)3)20-9-15-11-26-17(23-15)14-7-5-13(2)6-8-14/h5-8,11-12H,4,9-10H2,1-3H3,(H2,19,20,21). The maximum absolute atomic E-state index is 5.57. The summed E-state index contributed by atoms with van der Waals surface area (Å²) >= 11 is 0. The fourth-order valence-electron chi connectivity index (χ4n) is 2.34. The van der Waals surface area contributed by atoms with Crippen molar-refractivity contribution in [2.75, 3.05) is 6.54 Å². The molecule has 136 valence electrons. The SMILES string of the molecule is CCNC(=NCc1coc(-c2ccc(C)cc2)n1)NCc1nncn1C. The Hall–Kier alpha value is -3.16. The van der Waals surface area contributed by atoms with Gasteiger partial charge >= 0.3 is 0 Å². The average Bonchev–Trinajstić information content (AvgIpc) is 3.27. The number of guanidine groups is 1. The molecule has 8 heteroatoms. The van der Waals surface area contributed by atoms with E-state index in [1.807, 2.05) is 42.8 Å². The molecule has 0 bridgehead atoms. The van der Waals surface area contributed by atoms with Gasteiger partial charge in [-0.15, -0.1) is 10.2 Å². The van der Waals surface area contributed by atoms with Gasteiger partial charge in [0.2, 0.25) is 5.89 Å². The molecule has 0 atom stereocenters. The van der Waals surface area contributed by atoms with Gasteiger partial charge in [0.15, 0.2) is 11.8 Å². The zero-order valence-corrected chi connectivity index (χ0v) is 15.2. The minimum atomic E-state index is 0.420. The van der Waals surface area contributed by atoms with Crippen LogP contribution in [0.15, 0.2) is 46.3 Å². The van der Waals surface area contributed by atoms with E-state index in [0.29, 0.717) is 24.9 Å². The van der Waals surface area contributed by atoms with Crippen LogP contribution in [-0.4, -0.2) is 32.3 Å². The number of nitrogens with zero attached hydrogens (tertiary/aromatic N) is 5. The molecular weight excluding hydrogens is 330 g/mol. The van der Waals surface area contributed by atoms with Crippen LogP contribution in [0.2, 0.25) is 0 Å². The Kier molecular flexibility index (Phi) is 5.62. The maximum atomic E-state index is 5.57. The molecule has 3 aromatic rings. The molecular formula is C18H23N7O. The Morgan fingerprint density at radius 1 is 1.23 bits per heavy atom. The van der Waals surface area contributed by atoms with Gasteiger partial charge in [0.25, 0.3) is 0 Å². The largest absolute Gasteiger partial charge is 0.444 e. The Bertz CT molecular complexity index is 864. The van der Waals surface area contributed by atoms with Crippen molar-refractivity contribution in [2.24, 2.45) is 12.0 Å². The summed E-state index contributed by atoms with van der Waals surface area (Å²) in [6.45, 7) is 5.79. The van der Waals surface area contributed by atoms with Crippen molar-refractivity contribution in [3.05, 3.63) is 53.9 Å². The van der Waals surface area contributed by atoms with E-state index in [2.05, 4.69) is 37.7 Å². The number of hydrogen-bond donors (Lipinski definition) is 2. The molecule has 0 saturated heterocycles. The lowest BCUT2D eigenvalue weighted by Crippen LogP contribution is -2.37. The summed E-state index contributed by atoms with van der Waals surface area (Å²) in [6, 6.07) is 8.08. The average molecular weight is 353 g/mol. The summed E-state index contributed by atoms with van der Waals surface area (Å²) in [4.78, 5) is 9.06. The molecule has 8 nitrogen and oxygen atoms in total. The second-order valence-electron chi connectivity index (χ2n) is 5.92. The minimum absolute atomic E-state index is 0.420. The molecule has 0 radical (unpaired) electrons. The summed E-state index contributed by atoms with van der Waals surface area (Å²) < 4.78 is 7.44. The first-order valence-electron chi connectivity index (χ1n) is 8.52. The third kappa shape index (κ3) is 4.47. The molecule has 3 rings (SSSR count). The van der Waals surface area contributed by atoms with Crippen LogP contribution in [0.3, 0.4) is 0 Å². The van der Waals surface area contributed by atoms with Crippen LogP contribution in [0.5, 0.6) is 0 Å². The zero-order valence-electron chi connectivity index (χ0n) is 15.2. The Balaban J connectivity index is 1.64. The first-order chi connectivity index (χ1) is 12.7. The summed E-state index contributed by atoms with van der Waals surface area (Å²) in [6.07, 6.45) is 3.31. The smallest absolute Gasteiger partial charge is 0.226 e. The van der Waals surface area contributed by atoms with Crippen LogP contribution in [0.1, 0.15) is 24.0 Å². The molecule has 0 aliphatic heterocycles. The van der Waals surface area contributed by atoms with Crippen molar-refractivity contribution in [3.63, 3.8) is 0 Å². The predicted molar refractivity (Wildman–Crippen MR) is 99.3 cm³/mol. The van der Waals surface area contributed by atoms with Gasteiger partial charge < -0.3 is 19.6 Å². The number of aryl methyl sites for hydroxylation is 2. The van der Waals surface area contributed by atoms with Crippen molar-refractivity contribution in [3.8, 4) is 11.5 Å². The molecule has 1 aromatic carbocycles. The quantitative estimate of drug-likeness (QED) is 0.520. The van der Waals surface area contributed by atoms with Crippen LogP contribution >= 0.6 is 0 Å². The summed E-state index contributed by atoms with van der Waals surface area (Å²) in [5.41, 5.74) is 2.93. The molecule has 0 spiro atoms. The number of hydrogen-bond acceptors (Lipinski definition) is 5. The number of aliphatic imine (C=N–C) groups is 1. The van der Waals surface area contributed by atoms with Crippen LogP contribution in [0, 0.1) is 6.92 Å². The number of oxazole rings is 1. The minimum Gasteiger partial charge on any atom is -0.444 e. The van der Waals surface area contributed by atoms with Gasteiger partial charge in [0.05, 0.1) is 13.1 Å². The van der Waals surface area contributed by atoms with Crippen molar-refractivity contribution in [1.29, 1.82) is 0 Å². The van der Waals surface area contributed by atoms with E-state index < -0.39 is 0 Å². The molecule has 0 unspecified atom stereocenters. The Labute approximate surface area is 152 Å². The lowest BCUT2D eigenvalue weighted by Gasteiger charge is -2.10. The second kappa shape index (κ2) is 8.28. The highest BCUT2D eigenvalue weighted by atomic mass is 16.3. The normalized spacial score (nSPS) is 11.6. The molecule has 2 heterocycles. The molecule has 0 amide bonds. The number of aromatic nitrogens is 4. The fraction of sp³-hybridized carbons (Fsp3) is 0.333.